The van der Waals surface area contributed by atoms with Gasteiger partial charge in [-0.25, -0.2) is 4.79 Å². The molecule has 0 atom stereocenters. The molecule has 0 fully saturated rings. The molecule has 0 aromatic heterocycles. The van der Waals surface area contributed by atoms with Gasteiger partial charge in [-0.1, -0.05) is 17.7 Å². The molecule has 0 bridgehead atoms. The lowest BCUT2D eigenvalue weighted by Crippen LogP contribution is -2.27. The molecule has 0 heterocycles. The molecule has 18 heavy (non-hydrogen) atoms. The van der Waals surface area contributed by atoms with Crippen LogP contribution in [0.25, 0.3) is 0 Å². The van der Waals surface area contributed by atoms with Gasteiger partial charge < -0.3 is 4.74 Å². The fourth-order valence-electron chi connectivity index (χ4n) is 1.32. The van der Waals surface area contributed by atoms with Crippen LogP contribution in [-0.4, -0.2) is 11.7 Å². The first-order chi connectivity index (χ1) is 8.31. The zero-order valence-corrected chi connectivity index (χ0v) is 11.3. The first-order valence-corrected chi connectivity index (χ1v) is 5.85. The maximum Gasteiger partial charge on any atom is 0.412 e. The molecule has 5 heteroatoms. The molecule has 1 rings (SSSR count). The first kappa shape index (κ1) is 14.3. The van der Waals surface area contributed by atoms with Crippen LogP contribution in [-0.2, 0) is 11.2 Å². The Bertz CT molecular complexity index is 487. The van der Waals surface area contributed by atoms with E-state index >= 15 is 0 Å². The molecule has 0 unspecified atom stereocenters. The predicted molar refractivity (Wildman–Crippen MR) is 70.6 cm³/mol. The van der Waals surface area contributed by atoms with Crippen LogP contribution in [0.3, 0.4) is 0 Å². The van der Waals surface area contributed by atoms with Crippen molar-refractivity contribution in [1.29, 1.82) is 5.26 Å². The van der Waals surface area contributed by atoms with E-state index in [0.29, 0.717) is 16.3 Å². The minimum Gasteiger partial charge on any atom is -0.444 e. The van der Waals surface area contributed by atoms with E-state index in [4.69, 9.17) is 21.6 Å². The summed E-state index contributed by atoms with van der Waals surface area (Å²) in [6.45, 7) is 5.34. The molecule has 1 N–H and O–H groups in total. The van der Waals surface area contributed by atoms with Crippen molar-refractivity contribution in [2.45, 2.75) is 32.8 Å². The van der Waals surface area contributed by atoms with Crippen molar-refractivity contribution >= 4 is 23.4 Å². The molecule has 1 aromatic carbocycles. The van der Waals surface area contributed by atoms with E-state index in [0.717, 1.165) is 0 Å². The number of carbonyl (C=O) groups excluding carboxylic acids is 1. The van der Waals surface area contributed by atoms with Crippen molar-refractivity contribution in [2.24, 2.45) is 0 Å². The van der Waals surface area contributed by atoms with Gasteiger partial charge in [-0.05, 0) is 38.5 Å². The molecule has 0 saturated carbocycles. The third-order valence-corrected chi connectivity index (χ3v) is 2.21. The summed E-state index contributed by atoms with van der Waals surface area (Å²) in [6, 6.07) is 7.01. The molecule has 1 amide bonds. The Kier molecular flexibility index (Phi) is 4.57. The van der Waals surface area contributed by atoms with Crippen LogP contribution in [0.1, 0.15) is 26.3 Å². The van der Waals surface area contributed by atoms with Crippen molar-refractivity contribution in [2.75, 3.05) is 5.32 Å². The number of halogens is 1. The second-order valence-electron chi connectivity index (χ2n) is 4.76. The third kappa shape index (κ3) is 4.64. The Morgan fingerprint density at radius 1 is 1.50 bits per heavy atom. The summed E-state index contributed by atoms with van der Waals surface area (Å²) in [4.78, 5) is 11.6. The van der Waals surface area contributed by atoms with Crippen LogP contribution >= 0.6 is 11.6 Å². The summed E-state index contributed by atoms with van der Waals surface area (Å²) < 4.78 is 5.14. The highest BCUT2D eigenvalue weighted by atomic mass is 35.5. The van der Waals surface area contributed by atoms with Crippen LogP contribution in [0.5, 0.6) is 0 Å². The Hall–Kier alpha value is -1.73. The van der Waals surface area contributed by atoms with E-state index in [1.54, 1.807) is 39.0 Å². The summed E-state index contributed by atoms with van der Waals surface area (Å²) in [5.41, 5.74) is 0.629. The lowest BCUT2D eigenvalue weighted by Gasteiger charge is -2.20. The van der Waals surface area contributed by atoms with Crippen molar-refractivity contribution < 1.29 is 9.53 Å². The van der Waals surface area contributed by atoms with Gasteiger partial charge >= 0.3 is 6.09 Å². The number of rotatable bonds is 2. The van der Waals surface area contributed by atoms with E-state index in [-0.39, 0.29) is 6.42 Å². The average molecular weight is 267 g/mol. The topological polar surface area (TPSA) is 62.1 Å². The summed E-state index contributed by atoms with van der Waals surface area (Å²) in [6.07, 6.45) is -0.369. The Labute approximate surface area is 112 Å². The van der Waals surface area contributed by atoms with Crippen LogP contribution in [0.15, 0.2) is 18.2 Å². The summed E-state index contributed by atoms with van der Waals surface area (Å²) in [7, 11) is 0. The molecule has 96 valence electrons. The van der Waals surface area contributed by atoms with Crippen molar-refractivity contribution in [3.8, 4) is 6.07 Å². The number of anilines is 1. The number of hydrogen-bond donors (Lipinski definition) is 1. The molecular formula is C13H15ClN2O2. The number of benzene rings is 1. The van der Waals surface area contributed by atoms with Gasteiger partial charge in [0.25, 0.3) is 0 Å². The number of hydrogen-bond acceptors (Lipinski definition) is 3. The number of carbonyl (C=O) groups is 1. The lowest BCUT2D eigenvalue weighted by atomic mass is 10.1. The van der Waals surface area contributed by atoms with E-state index in [9.17, 15) is 4.79 Å². The van der Waals surface area contributed by atoms with Crippen LogP contribution < -0.4 is 5.32 Å². The number of nitriles is 1. The molecule has 4 nitrogen and oxygen atoms in total. The van der Waals surface area contributed by atoms with Gasteiger partial charge in [0.05, 0.1) is 12.5 Å². The molecular weight excluding hydrogens is 252 g/mol. The SMILES string of the molecule is CC(C)(C)OC(=O)Nc1cc(Cl)ccc1CC#N. The van der Waals surface area contributed by atoms with Gasteiger partial charge in [-0.2, -0.15) is 5.26 Å². The third-order valence-electron chi connectivity index (χ3n) is 1.98. The van der Waals surface area contributed by atoms with E-state index in [1.807, 2.05) is 6.07 Å². The average Bonchev–Trinajstić information content (AvgIpc) is 2.19. The zero-order chi connectivity index (χ0) is 13.8. The largest absolute Gasteiger partial charge is 0.444 e. The smallest absolute Gasteiger partial charge is 0.412 e. The minimum atomic E-state index is -0.571. The quantitative estimate of drug-likeness (QED) is 0.887. The molecule has 1 aromatic rings. The van der Waals surface area contributed by atoms with Gasteiger partial charge in [0.2, 0.25) is 0 Å². The van der Waals surface area contributed by atoms with Crippen molar-refractivity contribution in [1.82, 2.24) is 0 Å². The highest BCUT2D eigenvalue weighted by Gasteiger charge is 2.17. The van der Waals surface area contributed by atoms with Crippen LogP contribution in [0, 0.1) is 11.3 Å². The summed E-state index contributed by atoms with van der Waals surface area (Å²) in [5.74, 6) is 0. The van der Waals surface area contributed by atoms with E-state index in [1.165, 1.54) is 0 Å². The second kappa shape index (κ2) is 5.74. The molecule has 0 radical (unpaired) electrons. The highest BCUT2D eigenvalue weighted by molar-refractivity contribution is 6.31. The predicted octanol–water partition coefficient (Wildman–Crippen LogP) is 3.75. The Balaban J connectivity index is 2.86. The number of ether oxygens (including phenoxy) is 1. The van der Waals surface area contributed by atoms with Gasteiger partial charge in [-0.15, -0.1) is 0 Å². The van der Waals surface area contributed by atoms with Gasteiger partial charge in [0.15, 0.2) is 0 Å². The van der Waals surface area contributed by atoms with Crippen molar-refractivity contribution in [3.05, 3.63) is 28.8 Å². The molecule has 0 spiro atoms. The fraction of sp³-hybridized carbons (Fsp3) is 0.385. The summed E-state index contributed by atoms with van der Waals surface area (Å²) in [5, 5.41) is 11.8. The van der Waals surface area contributed by atoms with Gasteiger partial charge in [-0.3, -0.25) is 5.32 Å². The maximum absolute atomic E-state index is 11.6. The highest BCUT2D eigenvalue weighted by Crippen LogP contribution is 2.22. The number of nitrogens with one attached hydrogen (secondary N) is 1. The van der Waals surface area contributed by atoms with E-state index < -0.39 is 11.7 Å². The molecule has 0 saturated heterocycles. The second-order valence-corrected chi connectivity index (χ2v) is 5.20. The maximum atomic E-state index is 11.6. The molecule has 0 aliphatic heterocycles. The number of amides is 1. The summed E-state index contributed by atoms with van der Waals surface area (Å²) >= 11 is 5.86. The fourth-order valence-corrected chi connectivity index (χ4v) is 1.49. The lowest BCUT2D eigenvalue weighted by molar-refractivity contribution is 0.0636. The Morgan fingerprint density at radius 3 is 2.72 bits per heavy atom. The monoisotopic (exact) mass is 266 g/mol. The normalized spacial score (nSPS) is 10.6. The minimum absolute atomic E-state index is 0.197. The van der Waals surface area contributed by atoms with Crippen LogP contribution in [0.2, 0.25) is 5.02 Å². The first-order valence-electron chi connectivity index (χ1n) is 5.47. The van der Waals surface area contributed by atoms with Crippen LogP contribution in [0.4, 0.5) is 10.5 Å². The molecule has 0 aliphatic carbocycles. The van der Waals surface area contributed by atoms with Gasteiger partial charge in [0.1, 0.15) is 5.60 Å². The van der Waals surface area contributed by atoms with E-state index in [2.05, 4.69) is 5.32 Å². The number of nitrogens with zero attached hydrogens (tertiary/aromatic N) is 1. The Morgan fingerprint density at radius 2 is 2.17 bits per heavy atom. The van der Waals surface area contributed by atoms with Gasteiger partial charge in [0, 0.05) is 10.7 Å². The zero-order valence-electron chi connectivity index (χ0n) is 10.6. The van der Waals surface area contributed by atoms with Crippen molar-refractivity contribution in [3.63, 3.8) is 0 Å². The standard InChI is InChI=1S/C13H15ClN2O2/c1-13(2,3)18-12(17)16-11-8-10(14)5-4-9(11)6-7-15/h4-5,8H,6H2,1-3H3,(H,16,17). The molecule has 0 aliphatic rings.